The molecule has 0 radical (unpaired) electrons. The Morgan fingerprint density at radius 2 is 2.21 bits per heavy atom. The maximum absolute atomic E-state index is 10.8. The summed E-state index contributed by atoms with van der Waals surface area (Å²) in [5.74, 6) is -0.517. The number of nitrogen functional groups attached to an aromatic ring is 1. The molecule has 0 aliphatic heterocycles. The van der Waals surface area contributed by atoms with Crippen LogP contribution in [0.2, 0.25) is 0 Å². The molecule has 0 aliphatic carbocycles. The molecule has 5 nitrogen and oxygen atoms in total. The Morgan fingerprint density at radius 1 is 1.53 bits per heavy atom. The SMILES string of the molecule is CC(C)(C#N)CCCOc1ccc(C(=O)O)c(N)c1. The summed E-state index contributed by atoms with van der Waals surface area (Å²) in [6, 6.07) is 6.73. The summed E-state index contributed by atoms with van der Waals surface area (Å²) < 4.78 is 5.48. The highest BCUT2D eigenvalue weighted by atomic mass is 16.5. The van der Waals surface area contributed by atoms with E-state index in [2.05, 4.69) is 6.07 Å². The predicted molar refractivity (Wildman–Crippen MR) is 71.9 cm³/mol. The summed E-state index contributed by atoms with van der Waals surface area (Å²) in [6.45, 7) is 4.23. The molecule has 0 aromatic heterocycles. The molecule has 0 saturated carbocycles. The van der Waals surface area contributed by atoms with E-state index in [9.17, 15) is 4.79 Å². The van der Waals surface area contributed by atoms with Crippen molar-refractivity contribution in [2.75, 3.05) is 12.3 Å². The van der Waals surface area contributed by atoms with Gasteiger partial charge in [-0.25, -0.2) is 4.79 Å². The molecule has 0 amide bonds. The molecule has 0 spiro atoms. The normalized spacial score (nSPS) is 10.8. The first-order chi connectivity index (χ1) is 8.85. The summed E-state index contributed by atoms with van der Waals surface area (Å²) in [6.07, 6.45) is 1.49. The van der Waals surface area contributed by atoms with Gasteiger partial charge in [0.1, 0.15) is 5.75 Å². The summed E-state index contributed by atoms with van der Waals surface area (Å²) in [7, 11) is 0. The lowest BCUT2D eigenvalue weighted by molar-refractivity contribution is 0.0698. The number of nitrogens with zero attached hydrogens (tertiary/aromatic N) is 1. The highest BCUT2D eigenvalue weighted by Gasteiger charge is 2.15. The lowest BCUT2D eigenvalue weighted by Gasteiger charge is -2.15. The number of carbonyl (C=O) groups is 1. The lowest BCUT2D eigenvalue weighted by atomic mass is 9.90. The number of hydrogen-bond acceptors (Lipinski definition) is 4. The fourth-order valence-corrected chi connectivity index (χ4v) is 1.59. The van der Waals surface area contributed by atoms with E-state index in [0.717, 1.165) is 12.8 Å². The first-order valence-corrected chi connectivity index (χ1v) is 6.02. The molecular formula is C14H18N2O3. The average Bonchev–Trinajstić information content (AvgIpc) is 2.34. The van der Waals surface area contributed by atoms with E-state index in [1.807, 2.05) is 13.8 Å². The van der Waals surface area contributed by atoms with Gasteiger partial charge in [-0.05, 0) is 38.8 Å². The summed E-state index contributed by atoms with van der Waals surface area (Å²) in [5.41, 5.74) is 5.51. The highest BCUT2D eigenvalue weighted by molar-refractivity contribution is 5.93. The number of nitrogens with two attached hydrogens (primary N) is 1. The number of ether oxygens (including phenoxy) is 1. The van der Waals surface area contributed by atoms with Gasteiger partial charge in [0.05, 0.1) is 23.7 Å². The summed E-state index contributed by atoms with van der Waals surface area (Å²) in [4.78, 5) is 10.8. The Kier molecular flexibility index (Phi) is 4.76. The van der Waals surface area contributed by atoms with Crippen molar-refractivity contribution in [2.24, 2.45) is 5.41 Å². The van der Waals surface area contributed by atoms with Gasteiger partial charge in [0.15, 0.2) is 0 Å². The Balaban J connectivity index is 2.49. The van der Waals surface area contributed by atoms with E-state index in [1.165, 1.54) is 12.1 Å². The van der Waals surface area contributed by atoms with Crippen LogP contribution in [0.5, 0.6) is 5.75 Å². The van der Waals surface area contributed by atoms with Crippen LogP contribution in [-0.2, 0) is 0 Å². The van der Waals surface area contributed by atoms with Gasteiger partial charge in [0.25, 0.3) is 0 Å². The zero-order chi connectivity index (χ0) is 14.5. The van der Waals surface area contributed by atoms with Crippen molar-refractivity contribution in [3.8, 4) is 11.8 Å². The second-order valence-corrected chi connectivity index (χ2v) is 5.00. The van der Waals surface area contributed by atoms with Crippen LogP contribution >= 0.6 is 0 Å². The Hall–Kier alpha value is -2.22. The Morgan fingerprint density at radius 3 is 2.74 bits per heavy atom. The fraction of sp³-hybridized carbons (Fsp3) is 0.429. The van der Waals surface area contributed by atoms with Crippen LogP contribution in [0.1, 0.15) is 37.0 Å². The first kappa shape index (κ1) is 14.8. The third kappa shape index (κ3) is 4.51. The van der Waals surface area contributed by atoms with Gasteiger partial charge in [-0.3, -0.25) is 0 Å². The van der Waals surface area contributed by atoms with Crippen LogP contribution in [0.4, 0.5) is 5.69 Å². The topological polar surface area (TPSA) is 96.3 Å². The van der Waals surface area contributed by atoms with Gasteiger partial charge in [0, 0.05) is 11.8 Å². The molecule has 0 bridgehead atoms. The third-order valence-electron chi connectivity index (χ3n) is 2.77. The van der Waals surface area contributed by atoms with Crippen molar-refractivity contribution < 1.29 is 14.6 Å². The Bertz CT molecular complexity index is 504. The van der Waals surface area contributed by atoms with Crippen molar-refractivity contribution in [1.29, 1.82) is 5.26 Å². The van der Waals surface area contributed by atoms with E-state index in [1.54, 1.807) is 6.07 Å². The molecular weight excluding hydrogens is 244 g/mol. The van der Waals surface area contributed by atoms with Crippen molar-refractivity contribution in [3.63, 3.8) is 0 Å². The van der Waals surface area contributed by atoms with Crippen molar-refractivity contribution in [1.82, 2.24) is 0 Å². The molecule has 5 heteroatoms. The molecule has 0 saturated heterocycles. The lowest BCUT2D eigenvalue weighted by Crippen LogP contribution is -2.10. The molecule has 102 valence electrons. The second-order valence-electron chi connectivity index (χ2n) is 5.00. The van der Waals surface area contributed by atoms with E-state index >= 15 is 0 Å². The quantitative estimate of drug-likeness (QED) is 0.607. The molecule has 0 unspecified atom stereocenters. The van der Waals surface area contributed by atoms with Crippen LogP contribution < -0.4 is 10.5 Å². The standard InChI is InChI=1S/C14H18N2O3/c1-14(2,9-15)6-3-7-19-10-4-5-11(13(17)18)12(16)8-10/h4-5,8H,3,6-7,16H2,1-2H3,(H,17,18). The van der Waals surface area contributed by atoms with Crippen molar-refractivity contribution >= 4 is 11.7 Å². The minimum Gasteiger partial charge on any atom is -0.494 e. The van der Waals surface area contributed by atoms with Gasteiger partial charge in [-0.15, -0.1) is 0 Å². The number of rotatable bonds is 6. The molecule has 0 heterocycles. The van der Waals surface area contributed by atoms with E-state index in [-0.39, 0.29) is 16.7 Å². The molecule has 1 aromatic carbocycles. The molecule has 1 rings (SSSR count). The highest BCUT2D eigenvalue weighted by Crippen LogP contribution is 2.22. The molecule has 0 aliphatic rings. The van der Waals surface area contributed by atoms with Crippen molar-refractivity contribution in [2.45, 2.75) is 26.7 Å². The summed E-state index contributed by atoms with van der Waals surface area (Å²) in [5, 5.41) is 17.7. The minimum atomic E-state index is -1.06. The zero-order valence-electron chi connectivity index (χ0n) is 11.1. The number of anilines is 1. The van der Waals surface area contributed by atoms with Gasteiger partial charge < -0.3 is 15.6 Å². The van der Waals surface area contributed by atoms with Crippen LogP contribution in [0, 0.1) is 16.7 Å². The monoisotopic (exact) mass is 262 g/mol. The van der Waals surface area contributed by atoms with Crippen molar-refractivity contribution in [3.05, 3.63) is 23.8 Å². The number of benzene rings is 1. The number of nitriles is 1. The number of aromatic carboxylic acids is 1. The largest absolute Gasteiger partial charge is 0.494 e. The van der Waals surface area contributed by atoms with E-state index in [4.69, 9.17) is 20.8 Å². The smallest absolute Gasteiger partial charge is 0.337 e. The third-order valence-corrected chi connectivity index (χ3v) is 2.77. The van der Waals surface area contributed by atoms with E-state index in [0.29, 0.717) is 12.4 Å². The molecule has 19 heavy (non-hydrogen) atoms. The maximum atomic E-state index is 10.8. The Labute approximate surface area is 112 Å². The van der Waals surface area contributed by atoms with Crippen LogP contribution in [0.3, 0.4) is 0 Å². The predicted octanol–water partition coefficient (Wildman–Crippen LogP) is 2.68. The molecule has 1 aromatic rings. The number of hydrogen-bond donors (Lipinski definition) is 2. The molecule has 0 atom stereocenters. The molecule has 0 fully saturated rings. The van der Waals surface area contributed by atoms with Gasteiger partial charge in [-0.1, -0.05) is 0 Å². The van der Waals surface area contributed by atoms with Crippen LogP contribution in [0.15, 0.2) is 18.2 Å². The fourth-order valence-electron chi connectivity index (χ4n) is 1.59. The maximum Gasteiger partial charge on any atom is 0.337 e. The van der Waals surface area contributed by atoms with Gasteiger partial charge in [-0.2, -0.15) is 5.26 Å². The van der Waals surface area contributed by atoms with E-state index < -0.39 is 5.97 Å². The van der Waals surface area contributed by atoms with Crippen LogP contribution in [0.25, 0.3) is 0 Å². The average molecular weight is 262 g/mol. The molecule has 3 N–H and O–H groups in total. The second kappa shape index (κ2) is 6.10. The number of carboxylic acid groups (broad SMARTS) is 1. The van der Waals surface area contributed by atoms with Gasteiger partial charge in [0.2, 0.25) is 0 Å². The van der Waals surface area contributed by atoms with Crippen LogP contribution in [-0.4, -0.2) is 17.7 Å². The van der Waals surface area contributed by atoms with Gasteiger partial charge >= 0.3 is 5.97 Å². The first-order valence-electron chi connectivity index (χ1n) is 6.02. The zero-order valence-corrected chi connectivity index (χ0v) is 11.1. The minimum absolute atomic E-state index is 0.0676. The summed E-state index contributed by atoms with van der Waals surface area (Å²) >= 11 is 0. The number of carboxylic acids is 1.